The summed E-state index contributed by atoms with van der Waals surface area (Å²) in [5, 5.41) is 1.20. The van der Waals surface area contributed by atoms with E-state index >= 15 is 0 Å². The van der Waals surface area contributed by atoms with Crippen LogP contribution in [-0.4, -0.2) is 48.5 Å². The van der Waals surface area contributed by atoms with Crippen LogP contribution in [-0.2, 0) is 17.8 Å². The zero-order chi connectivity index (χ0) is 22.4. The van der Waals surface area contributed by atoms with Gasteiger partial charge in [-0.25, -0.2) is 0 Å². The van der Waals surface area contributed by atoms with Gasteiger partial charge in [-0.1, -0.05) is 55.2 Å². The standard InChI is InChI=1S/C25H32Cl2N2O2/c1-18(2)17-31-23-8-4-19(5-9-23)14-25(30)29(22-10-12-28(3)13-11-22)16-20-6-7-21(26)15-24(20)27/h4-9,15,18,22H,10-14,16-17H2,1-3H3. The molecule has 1 fully saturated rings. The number of halogens is 2. The van der Waals surface area contributed by atoms with Crippen LogP contribution in [0.15, 0.2) is 42.5 Å². The molecule has 0 aliphatic carbocycles. The first-order chi connectivity index (χ1) is 14.8. The molecule has 1 heterocycles. The number of likely N-dealkylation sites (tertiary alicyclic amines) is 1. The topological polar surface area (TPSA) is 32.8 Å². The molecule has 0 spiro atoms. The normalized spacial score (nSPS) is 15.3. The molecule has 1 aliphatic rings. The maximum absolute atomic E-state index is 13.4. The van der Waals surface area contributed by atoms with E-state index in [0.29, 0.717) is 35.5 Å². The first-order valence-corrected chi connectivity index (χ1v) is 11.7. The molecule has 2 aromatic carbocycles. The van der Waals surface area contributed by atoms with E-state index in [0.717, 1.165) is 42.8 Å². The van der Waals surface area contributed by atoms with Crippen LogP contribution in [0.2, 0.25) is 10.0 Å². The SMILES string of the molecule is CC(C)COc1ccc(CC(=O)N(Cc2ccc(Cl)cc2Cl)C2CCN(C)CC2)cc1. The third-order valence-electron chi connectivity index (χ3n) is 5.67. The summed E-state index contributed by atoms with van der Waals surface area (Å²) in [6.45, 7) is 7.41. The minimum absolute atomic E-state index is 0.122. The van der Waals surface area contributed by atoms with Gasteiger partial charge >= 0.3 is 0 Å². The molecule has 1 amide bonds. The van der Waals surface area contributed by atoms with Gasteiger partial charge in [0.2, 0.25) is 5.91 Å². The van der Waals surface area contributed by atoms with E-state index in [-0.39, 0.29) is 11.9 Å². The van der Waals surface area contributed by atoms with Gasteiger partial charge in [0, 0.05) is 22.6 Å². The van der Waals surface area contributed by atoms with Gasteiger partial charge in [0.15, 0.2) is 0 Å². The van der Waals surface area contributed by atoms with Crippen LogP contribution in [0.25, 0.3) is 0 Å². The third kappa shape index (κ3) is 7.13. The molecular weight excluding hydrogens is 431 g/mol. The van der Waals surface area contributed by atoms with Crippen LogP contribution in [0.5, 0.6) is 5.75 Å². The van der Waals surface area contributed by atoms with E-state index in [2.05, 4.69) is 25.8 Å². The van der Waals surface area contributed by atoms with Crippen LogP contribution < -0.4 is 4.74 Å². The summed E-state index contributed by atoms with van der Waals surface area (Å²) in [6, 6.07) is 13.6. The maximum atomic E-state index is 13.4. The predicted octanol–water partition coefficient (Wildman–Crippen LogP) is 5.69. The van der Waals surface area contributed by atoms with Gasteiger partial charge in [0.25, 0.3) is 0 Å². The molecule has 0 N–H and O–H groups in total. The highest BCUT2D eigenvalue weighted by molar-refractivity contribution is 6.35. The molecule has 6 heteroatoms. The Morgan fingerprint density at radius 3 is 2.42 bits per heavy atom. The number of amides is 1. The molecule has 0 unspecified atom stereocenters. The van der Waals surface area contributed by atoms with E-state index in [9.17, 15) is 4.79 Å². The van der Waals surface area contributed by atoms with Gasteiger partial charge in [-0.15, -0.1) is 0 Å². The lowest BCUT2D eigenvalue weighted by atomic mass is 10.0. The molecule has 0 atom stereocenters. The molecule has 31 heavy (non-hydrogen) atoms. The number of hydrogen-bond donors (Lipinski definition) is 0. The van der Waals surface area contributed by atoms with Crippen molar-refractivity contribution in [3.05, 3.63) is 63.6 Å². The van der Waals surface area contributed by atoms with Crippen molar-refractivity contribution < 1.29 is 9.53 Å². The molecule has 168 valence electrons. The van der Waals surface area contributed by atoms with Crippen molar-refractivity contribution >= 4 is 29.1 Å². The van der Waals surface area contributed by atoms with Crippen molar-refractivity contribution in [2.75, 3.05) is 26.7 Å². The number of carbonyl (C=O) groups is 1. The van der Waals surface area contributed by atoms with Crippen molar-refractivity contribution in [2.24, 2.45) is 5.92 Å². The lowest BCUT2D eigenvalue weighted by Crippen LogP contribution is -2.46. The number of carbonyl (C=O) groups excluding carboxylic acids is 1. The van der Waals surface area contributed by atoms with Crippen molar-refractivity contribution in [1.29, 1.82) is 0 Å². The second-order valence-electron chi connectivity index (χ2n) is 8.82. The fourth-order valence-electron chi connectivity index (χ4n) is 3.80. The Bertz CT molecular complexity index is 862. The Morgan fingerprint density at radius 2 is 1.81 bits per heavy atom. The van der Waals surface area contributed by atoms with Crippen molar-refractivity contribution in [3.63, 3.8) is 0 Å². The largest absolute Gasteiger partial charge is 0.493 e. The smallest absolute Gasteiger partial charge is 0.227 e. The molecule has 0 saturated carbocycles. The highest BCUT2D eigenvalue weighted by atomic mass is 35.5. The zero-order valence-electron chi connectivity index (χ0n) is 18.6. The molecule has 2 aromatic rings. The summed E-state index contributed by atoms with van der Waals surface area (Å²) in [5.41, 5.74) is 1.91. The monoisotopic (exact) mass is 462 g/mol. The Labute approximate surface area is 196 Å². The first-order valence-electron chi connectivity index (χ1n) is 11.0. The van der Waals surface area contributed by atoms with Crippen LogP contribution in [0.4, 0.5) is 0 Å². The number of hydrogen-bond acceptors (Lipinski definition) is 3. The molecule has 0 radical (unpaired) electrons. The number of piperidine rings is 1. The fourth-order valence-corrected chi connectivity index (χ4v) is 4.27. The number of rotatable bonds is 8. The number of benzene rings is 2. The van der Waals surface area contributed by atoms with E-state index in [1.165, 1.54) is 0 Å². The minimum Gasteiger partial charge on any atom is -0.493 e. The summed E-state index contributed by atoms with van der Waals surface area (Å²) < 4.78 is 5.76. The quantitative estimate of drug-likeness (QED) is 0.504. The molecular formula is C25H32Cl2N2O2. The first kappa shape index (κ1) is 23.9. The van der Waals surface area contributed by atoms with Crippen molar-refractivity contribution in [3.8, 4) is 5.75 Å². The second-order valence-corrected chi connectivity index (χ2v) is 9.66. The van der Waals surface area contributed by atoms with Crippen LogP contribution in [0.1, 0.15) is 37.8 Å². The highest BCUT2D eigenvalue weighted by Crippen LogP contribution is 2.26. The third-order valence-corrected chi connectivity index (χ3v) is 6.25. The molecule has 1 saturated heterocycles. The zero-order valence-corrected chi connectivity index (χ0v) is 20.1. The van der Waals surface area contributed by atoms with E-state index < -0.39 is 0 Å². The van der Waals surface area contributed by atoms with Gasteiger partial charge in [-0.05, 0) is 74.3 Å². The van der Waals surface area contributed by atoms with Crippen LogP contribution >= 0.6 is 23.2 Å². The van der Waals surface area contributed by atoms with Crippen molar-refractivity contribution in [1.82, 2.24) is 9.80 Å². The number of ether oxygens (including phenoxy) is 1. The lowest BCUT2D eigenvalue weighted by molar-refractivity contribution is -0.134. The average Bonchev–Trinajstić information content (AvgIpc) is 2.73. The number of nitrogens with zero attached hydrogens (tertiary/aromatic N) is 2. The Balaban J connectivity index is 1.72. The molecule has 3 rings (SSSR count). The average molecular weight is 463 g/mol. The molecule has 0 bridgehead atoms. The fraction of sp³-hybridized carbons (Fsp3) is 0.480. The van der Waals surface area contributed by atoms with Gasteiger partial charge in [0.05, 0.1) is 13.0 Å². The van der Waals surface area contributed by atoms with Crippen molar-refractivity contribution in [2.45, 2.75) is 45.7 Å². The van der Waals surface area contributed by atoms with E-state index in [1.807, 2.05) is 41.3 Å². The molecule has 1 aliphatic heterocycles. The second kappa shape index (κ2) is 11.2. The maximum Gasteiger partial charge on any atom is 0.227 e. The van der Waals surface area contributed by atoms with E-state index in [4.69, 9.17) is 27.9 Å². The minimum atomic E-state index is 0.122. The Morgan fingerprint density at radius 1 is 1.13 bits per heavy atom. The van der Waals surface area contributed by atoms with Gasteiger partial charge in [0.1, 0.15) is 5.75 Å². The summed E-state index contributed by atoms with van der Waals surface area (Å²) in [4.78, 5) is 17.7. The lowest BCUT2D eigenvalue weighted by Gasteiger charge is -2.37. The van der Waals surface area contributed by atoms with Gasteiger partial charge in [-0.3, -0.25) is 4.79 Å². The highest BCUT2D eigenvalue weighted by Gasteiger charge is 2.27. The summed E-state index contributed by atoms with van der Waals surface area (Å²) in [5.74, 6) is 1.44. The van der Waals surface area contributed by atoms with Crippen LogP contribution in [0, 0.1) is 5.92 Å². The summed E-state index contributed by atoms with van der Waals surface area (Å²) in [6.07, 6.45) is 2.30. The molecule has 0 aromatic heterocycles. The Hall–Kier alpha value is -1.75. The summed E-state index contributed by atoms with van der Waals surface area (Å²) >= 11 is 12.5. The van der Waals surface area contributed by atoms with Gasteiger partial charge < -0.3 is 14.5 Å². The summed E-state index contributed by atoms with van der Waals surface area (Å²) in [7, 11) is 2.13. The predicted molar refractivity (Wildman–Crippen MR) is 128 cm³/mol. The molecule has 4 nitrogen and oxygen atoms in total. The van der Waals surface area contributed by atoms with Gasteiger partial charge in [-0.2, -0.15) is 0 Å². The van der Waals surface area contributed by atoms with Crippen LogP contribution in [0.3, 0.4) is 0 Å². The Kier molecular flexibility index (Phi) is 8.65. The van der Waals surface area contributed by atoms with E-state index in [1.54, 1.807) is 6.07 Å².